The second-order valence-electron chi connectivity index (χ2n) is 5.01. The first-order chi connectivity index (χ1) is 7.72. The molecule has 3 heteroatoms. The Morgan fingerprint density at radius 1 is 1.44 bits per heavy atom. The molecule has 2 N–H and O–H groups in total. The minimum absolute atomic E-state index is 0.570. The Labute approximate surface area is 98.0 Å². The average Bonchev–Trinajstić information content (AvgIpc) is 2.71. The minimum Gasteiger partial charge on any atom is -0.382 e. The fraction of sp³-hybridized carbons (Fsp3) is 0.769. The van der Waals surface area contributed by atoms with Crippen LogP contribution in [0.4, 0.5) is 5.82 Å². The third kappa shape index (κ3) is 2.23. The van der Waals surface area contributed by atoms with Crippen LogP contribution in [0.5, 0.6) is 0 Å². The van der Waals surface area contributed by atoms with Crippen LogP contribution >= 0.6 is 0 Å². The van der Waals surface area contributed by atoms with Gasteiger partial charge in [0, 0.05) is 18.3 Å². The monoisotopic (exact) mass is 221 g/mol. The predicted octanol–water partition coefficient (Wildman–Crippen LogP) is 3.17. The SMILES string of the molecule is CCn1cc([C@H](C)C2CCCCC2)c(N)n1. The molecule has 1 fully saturated rings. The second-order valence-corrected chi connectivity index (χ2v) is 5.01. The third-order valence-electron chi connectivity index (χ3n) is 3.99. The van der Waals surface area contributed by atoms with E-state index in [0.29, 0.717) is 5.92 Å². The molecular formula is C13H23N3. The van der Waals surface area contributed by atoms with Crippen molar-refractivity contribution >= 4 is 5.82 Å². The lowest BCUT2D eigenvalue weighted by molar-refractivity contribution is 0.316. The van der Waals surface area contributed by atoms with Crippen LogP contribution in [-0.4, -0.2) is 9.78 Å². The number of nitrogens with two attached hydrogens (primary N) is 1. The molecule has 90 valence electrons. The first-order valence-electron chi connectivity index (χ1n) is 6.55. The number of hydrogen-bond acceptors (Lipinski definition) is 2. The molecule has 1 saturated carbocycles. The quantitative estimate of drug-likeness (QED) is 0.852. The molecule has 0 aromatic carbocycles. The van der Waals surface area contributed by atoms with Crippen LogP contribution in [0.1, 0.15) is 57.4 Å². The smallest absolute Gasteiger partial charge is 0.148 e. The fourth-order valence-corrected chi connectivity index (χ4v) is 2.85. The molecule has 0 aliphatic heterocycles. The van der Waals surface area contributed by atoms with Crippen molar-refractivity contribution in [3.63, 3.8) is 0 Å². The van der Waals surface area contributed by atoms with Crippen LogP contribution in [0.3, 0.4) is 0 Å². The van der Waals surface area contributed by atoms with Crippen molar-refractivity contribution in [2.75, 3.05) is 5.73 Å². The van der Waals surface area contributed by atoms with Crippen molar-refractivity contribution in [1.29, 1.82) is 0 Å². The van der Waals surface area contributed by atoms with Crippen molar-refractivity contribution in [2.24, 2.45) is 5.92 Å². The van der Waals surface area contributed by atoms with Gasteiger partial charge in [-0.3, -0.25) is 4.68 Å². The lowest BCUT2D eigenvalue weighted by Crippen LogP contribution is -2.14. The summed E-state index contributed by atoms with van der Waals surface area (Å²) in [4.78, 5) is 0. The van der Waals surface area contributed by atoms with Gasteiger partial charge in [-0.05, 0) is 31.6 Å². The van der Waals surface area contributed by atoms with E-state index in [2.05, 4.69) is 25.1 Å². The maximum absolute atomic E-state index is 5.99. The highest BCUT2D eigenvalue weighted by Gasteiger charge is 2.24. The van der Waals surface area contributed by atoms with Crippen LogP contribution in [-0.2, 0) is 6.54 Å². The molecule has 3 nitrogen and oxygen atoms in total. The molecule has 0 unspecified atom stereocenters. The zero-order chi connectivity index (χ0) is 11.5. The molecule has 1 aliphatic carbocycles. The van der Waals surface area contributed by atoms with Gasteiger partial charge in [-0.25, -0.2) is 0 Å². The van der Waals surface area contributed by atoms with E-state index in [1.165, 1.54) is 37.7 Å². The van der Waals surface area contributed by atoms with Gasteiger partial charge in [-0.1, -0.05) is 26.2 Å². The van der Waals surface area contributed by atoms with E-state index in [4.69, 9.17) is 5.73 Å². The summed E-state index contributed by atoms with van der Waals surface area (Å²) in [6, 6.07) is 0. The van der Waals surface area contributed by atoms with E-state index < -0.39 is 0 Å². The highest BCUT2D eigenvalue weighted by molar-refractivity contribution is 5.40. The van der Waals surface area contributed by atoms with Crippen LogP contribution in [0.25, 0.3) is 0 Å². The summed E-state index contributed by atoms with van der Waals surface area (Å²) < 4.78 is 1.95. The molecule has 16 heavy (non-hydrogen) atoms. The average molecular weight is 221 g/mol. The standard InChI is InChI=1S/C13H23N3/c1-3-16-9-12(13(14)15-16)10(2)11-7-5-4-6-8-11/h9-11H,3-8H2,1-2H3,(H2,14,15)/t10-/m1/s1. The summed E-state index contributed by atoms with van der Waals surface area (Å²) >= 11 is 0. The lowest BCUT2D eigenvalue weighted by atomic mass is 9.78. The molecule has 1 heterocycles. The predicted molar refractivity (Wildman–Crippen MR) is 67.3 cm³/mol. The molecule has 0 bridgehead atoms. The molecular weight excluding hydrogens is 198 g/mol. The zero-order valence-electron chi connectivity index (χ0n) is 10.4. The van der Waals surface area contributed by atoms with Crippen molar-refractivity contribution < 1.29 is 0 Å². The van der Waals surface area contributed by atoms with Crippen LogP contribution in [0, 0.1) is 5.92 Å². The van der Waals surface area contributed by atoms with Gasteiger partial charge < -0.3 is 5.73 Å². The largest absolute Gasteiger partial charge is 0.382 e. The molecule has 2 rings (SSSR count). The van der Waals surface area contributed by atoms with Crippen molar-refractivity contribution in [2.45, 2.75) is 58.4 Å². The van der Waals surface area contributed by atoms with Gasteiger partial charge in [0.15, 0.2) is 0 Å². The molecule has 0 radical (unpaired) electrons. The van der Waals surface area contributed by atoms with Crippen molar-refractivity contribution in [3.8, 4) is 0 Å². The Bertz CT molecular complexity index is 337. The highest BCUT2D eigenvalue weighted by Crippen LogP contribution is 2.37. The normalized spacial score (nSPS) is 19.9. The van der Waals surface area contributed by atoms with Gasteiger partial charge in [0.2, 0.25) is 0 Å². The molecule has 1 aliphatic rings. The van der Waals surface area contributed by atoms with Crippen LogP contribution in [0.2, 0.25) is 0 Å². The van der Waals surface area contributed by atoms with Crippen LogP contribution < -0.4 is 5.73 Å². The van der Waals surface area contributed by atoms with E-state index in [-0.39, 0.29) is 0 Å². The number of rotatable bonds is 3. The Morgan fingerprint density at radius 3 is 2.69 bits per heavy atom. The molecule has 0 amide bonds. The summed E-state index contributed by atoms with van der Waals surface area (Å²) in [6.45, 7) is 5.31. The topological polar surface area (TPSA) is 43.8 Å². The van der Waals surface area contributed by atoms with Gasteiger partial charge in [0.1, 0.15) is 5.82 Å². The van der Waals surface area contributed by atoms with E-state index in [0.717, 1.165) is 18.3 Å². The van der Waals surface area contributed by atoms with Gasteiger partial charge in [0.25, 0.3) is 0 Å². The van der Waals surface area contributed by atoms with Gasteiger partial charge in [-0.15, -0.1) is 0 Å². The summed E-state index contributed by atoms with van der Waals surface area (Å²) in [5.41, 5.74) is 7.25. The van der Waals surface area contributed by atoms with E-state index in [1.54, 1.807) is 0 Å². The first kappa shape index (κ1) is 11.5. The van der Waals surface area contributed by atoms with Crippen molar-refractivity contribution in [1.82, 2.24) is 9.78 Å². The Morgan fingerprint density at radius 2 is 2.12 bits per heavy atom. The number of anilines is 1. The van der Waals surface area contributed by atoms with E-state index in [9.17, 15) is 0 Å². The Kier molecular flexibility index (Phi) is 3.52. The molecule has 1 aromatic rings. The van der Waals surface area contributed by atoms with Gasteiger partial charge >= 0.3 is 0 Å². The van der Waals surface area contributed by atoms with Crippen LogP contribution in [0.15, 0.2) is 6.20 Å². The first-order valence-corrected chi connectivity index (χ1v) is 6.55. The number of nitrogen functional groups attached to an aromatic ring is 1. The molecule has 0 spiro atoms. The minimum atomic E-state index is 0.570. The molecule has 0 saturated heterocycles. The zero-order valence-corrected chi connectivity index (χ0v) is 10.4. The maximum atomic E-state index is 5.99. The third-order valence-corrected chi connectivity index (χ3v) is 3.99. The summed E-state index contributed by atoms with van der Waals surface area (Å²) in [5, 5.41) is 4.34. The fourth-order valence-electron chi connectivity index (χ4n) is 2.85. The lowest BCUT2D eigenvalue weighted by Gasteiger charge is -2.27. The number of aromatic nitrogens is 2. The molecule has 1 atom stereocenters. The van der Waals surface area contributed by atoms with Gasteiger partial charge in [0.05, 0.1) is 0 Å². The molecule has 1 aromatic heterocycles. The Balaban J connectivity index is 2.12. The summed E-state index contributed by atoms with van der Waals surface area (Å²) in [7, 11) is 0. The van der Waals surface area contributed by atoms with Gasteiger partial charge in [-0.2, -0.15) is 5.10 Å². The number of aryl methyl sites for hydroxylation is 1. The summed E-state index contributed by atoms with van der Waals surface area (Å²) in [5.74, 6) is 2.12. The Hall–Kier alpha value is -0.990. The van der Waals surface area contributed by atoms with Crippen molar-refractivity contribution in [3.05, 3.63) is 11.8 Å². The van der Waals surface area contributed by atoms with E-state index in [1.807, 2.05) is 4.68 Å². The number of hydrogen-bond donors (Lipinski definition) is 1. The number of nitrogens with zero attached hydrogens (tertiary/aromatic N) is 2. The van der Waals surface area contributed by atoms with E-state index >= 15 is 0 Å². The second kappa shape index (κ2) is 4.89. The summed E-state index contributed by atoms with van der Waals surface area (Å²) in [6.07, 6.45) is 9.03. The highest BCUT2D eigenvalue weighted by atomic mass is 15.3. The maximum Gasteiger partial charge on any atom is 0.148 e.